The van der Waals surface area contributed by atoms with Crippen molar-refractivity contribution >= 4 is 150 Å². The van der Waals surface area contributed by atoms with E-state index in [0.717, 1.165) is 89.3 Å². The highest BCUT2D eigenvalue weighted by atomic mass is 32.1. The van der Waals surface area contributed by atoms with Gasteiger partial charge in [0.15, 0.2) is 34.9 Å². The lowest BCUT2D eigenvalue weighted by Gasteiger charge is -2.12. The van der Waals surface area contributed by atoms with Crippen LogP contribution in [0.25, 0.3) is 230 Å². The Hall–Kier alpha value is -15.6. The lowest BCUT2D eigenvalue weighted by atomic mass is 10.0. The van der Waals surface area contributed by atoms with Gasteiger partial charge >= 0.3 is 0 Å². The Labute approximate surface area is 696 Å². The fourth-order valence-corrected chi connectivity index (χ4v) is 20.6. The molecule has 8 heterocycles. The van der Waals surface area contributed by atoms with Gasteiger partial charge in [-0.05, 0) is 126 Å². The van der Waals surface area contributed by atoms with Crippen molar-refractivity contribution in [3.05, 3.63) is 400 Å². The minimum absolute atomic E-state index is 0.631. The molecule has 17 aromatic carbocycles. The highest BCUT2D eigenvalue weighted by molar-refractivity contribution is 7.27. The molecular formula is C108H66N10S2. The molecule has 0 saturated carbocycles. The average Bonchev–Trinajstić information content (AvgIpc) is 1.56. The highest BCUT2D eigenvalue weighted by Gasteiger charge is 2.25. The topological polar surface area (TPSA) is 97.1 Å². The van der Waals surface area contributed by atoms with Crippen LogP contribution in [-0.4, -0.2) is 48.2 Å². The van der Waals surface area contributed by atoms with Crippen LogP contribution in [0, 0.1) is 0 Å². The van der Waals surface area contributed by atoms with E-state index in [1.807, 2.05) is 144 Å². The van der Waals surface area contributed by atoms with Crippen molar-refractivity contribution in [3.63, 3.8) is 0 Å². The number of benzene rings is 17. The Morgan fingerprint density at radius 2 is 0.425 bits per heavy atom. The second-order valence-corrected chi connectivity index (χ2v) is 32.5. The third-order valence-corrected chi connectivity index (χ3v) is 25.9. The van der Waals surface area contributed by atoms with Gasteiger partial charge in [-0.2, -0.15) is 0 Å². The molecule has 560 valence electrons. The van der Waals surface area contributed by atoms with E-state index in [2.05, 4.69) is 297 Å². The maximum absolute atomic E-state index is 5.03. The first-order valence-electron chi connectivity index (χ1n) is 40.3. The Morgan fingerprint density at radius 3 is 0.833 bits per heavy atom. The minimum Gasteiger partial charge on any atom is -0.309 e. The van der Waals surface area contributed by atoms with Gasteiger partial charge in [0, 0.05) is 140 Å². The molecule has 12 heteroatoms. The maximum atomic E-state index is 5.03. The van der Waals surface area contributed by atoms with Crippen molar-refractivity contribution < 1.29 is 0 Å². The van der Waals surface area contributed by atoms with Crippen molar-refractivity contribution in [2.75, 3.05) is 0 Å². The molecule has 0 atom stereocenters. The molecule has 0 aliphatic rings. The van der Waals surface area contributed by atoms with Crippen molar-refractivity contribution in [2.24, 2.45) is 0 Å². The SMILES string of the molecule is c1ccc(-c2nc(-c3ccccc3)nc(-c3cccc(-c4cccc(-n5c6ccccc6c6cc(-n7c8ccccc8c8c9sc%10ccccc%10c9ccc87)ccc65)c4)c3)n2)cc1.c1ccc(-c2nc(-c3ccccc3)nc(-c3cccc(-n4c5ccccc5c5cc(-n6c7ccccc7c7c8sc9ccccc9c8ccc76)ccc54)c3)n2)cc1. The van der Waals surface area contributed by atoms with Gasteiger partial charge in [0.05, 0.1) is 44.1 Å². The predicted octanol–water partition coefficient (Wildman–Crippen LogP) is 28.5. The lowest BCUT2D eigenvalue weighted by Crippen LogP contribution is -2.01. The molecule has 0 aliphatic heterocycles. The number of nitrogens with zero attached hydrogens (tertiary/aromatic N) is 10. The summed E-state index contributed by atoms with van der Waals surface area (Å²) in [5, 5.41) is 15.3. The summed E-state index contributed by atoms with van der Waals surface area (Å²) in [5.41, 5.74) is 21.7. The van der Waals surface area contributed by atoms with Crippen LogP contribution >= 0.6 is 22.7 Å². The van der Waals surface area contributed by atoms with Gasteiger partial charge in [-0.1, -0.05) is 285 Å². The fraction of sp³-hybridized carbons (Fsp3) is 0. The summed E-state index contributed by atoms with van der Waals surface area (Å²) < 4.78 is 15.0. The molecule has 8 aromatic heterocycles. The fourth-order valence-electron chi connectivity index (χ4n) is 18.1. The van der Waals surface area contributed by atoms with Crippen LogP contribution in [0.1, 0.15) is 0 Å². The Bertz CT molecular complexity index is 8310. The quantitative estimate of drug-likeness (QED) is 0.128. The van der Waals surface area contributed by atoms with Crippen molar-refractivity contribution in [3.8, 4) is 102 Å². The molecule has 0 fully saturated rings. The number of para-hydroxylation sites is 4. The van der Waals surface area contributed by atoms with Crippen LogP contribution in [0.15, 0.2) is 400 Å². The van der Waals surface area contributed by atoms with Crippen molar-refractivity contribution in [1.29, 1.82) is 0 Å². The Balaban J connectivity index is 0.000000137. The first-order chi connectivity index (χ1) is 59.5. The Morgan fingerprint density at radius 1 is 0.158 bits per heavy atom. The molecule has 0 N–H and O–H groups in total. The maximum Gasteiger partial charge on any atom is 0.164 e. The van der Waals surface area contributed by atoms with Gasteiger partial charge in [0.25, 0.3) is 0 Å². The molecule has 120 heavy (non-hydrogen) atoms. The number of thiophene rings is 2. The van der Waals surface area contributed by atoms with Crippen LogP contribution in [0.5, 0.6) is 0 Å². The zero-order valence-corrected chi connectivity index (χ0v) is 66.0. The third kappa shape index (κ3) is 11.4. The standard InChI is InChI=1S/C57H35N5S.C51H31N5S/c1-3-15-36(16-4-1)55-58-56(37-17-5-2-6-18-37)60-57(59-55)40-21-13-19-38(33-40)39-20-14-22-41(34-39)61-48-26-10-7-23-43(48)47-35-42(29-31-50(47)61)62-49-27-11-8-25-46(49)53-51(62)32-30-45-44-24-9-12-28-52(44)63-54(45)53;1-3-14-32(15-4-1)49-52-50(33-16-5-2-6-17-33)54-51(53-49)34-18-13-19-35(30-34)55-42-23-10-7-20-37(42)41-31-36(26-28-44(41)55)56-43-24-11-8-22-40(43)47-45(56)29-27-39-38-21-9-12-25-46(38)57-48(39)47/h1-35H;1-31H. The van der Waals surface area contributed by atoms with Gasteiger partial charge in [-0.3, -0.25) is 0 Å². The van der Waals surface area contributed by atoms with E-state index < -0.39 is 0 Å². The minimum atomic E-state index is 0.631. The summed E-state index contributed by atoms with van der Waals surface area (Å²) in [5.74, 6) is 3.85. The van der Waals surface area contributed by atoms with E-state index in [-0.39, 0.29) is 0 Å². The average molecular weight is 1570 g/mol. The van der Waals surface area contributed by atoms with Gasteiger partial charge in [-0.15, -0.1) is 22.7 Å². The van der Waals surface area contributed by atoms with Crippen molar-refractivity contribution in [2.45, 2.75) is 0 Å². The molecule has 0 bridgehead atoms. The van der Waals surface area contributed by atoms with E-state index in [9.17, 15) is 0 Å². The number of aromatic nitrogens is 10. The molecular weight excluding hydrogens is 1500 g/mol. The number of hydrogen-bond donors (Lipinski definition) is 0. The third-order valence-electron chi connectivity index (χ3n) is 23.5. The lowest BCUT2D eigenvalue weighted by molar-refractivity contribution is 1.07. The van der Waals surface area contributed by atoms with Crippen LogP contribution in [0.2, 0.25) is 0 Å². The van der Waals surface area contributed by atoms with E-state index in [0.29, 0.717) is 34.9 Å². The zero-order chi connectivity index (χ0) is 78.9. The molecule has 25 aromatic rings. The highest BCUT2D eigenvalue weighted by Crippen LogP contribution is 2.48. The molecule has 0 spiro atoms. The van der Waals surface area contributed by atoms with Gasteiger partial charge in [0.2, 0.25) is 0 Å². The molecule has 0 radical (unpaired) electrons. The monoisotopic (exact) mass is 1570 g/mol. The zero-order valence-electron chi connectivity index (χ0n) is 64.4. The summed E-state index contributed by atoms with van der Waals surface area (Å²) in [6.07, 6.45) is 0. The second-order valence-electron chi connectivity index (χ2n) is 30.4. The Kier molecular flexibility index (Phi) is 16.1. The van der Waals surface area contributed by atoms with Crippen LogP contribution < -0.4 is 0 Å². The first kappa shape index (κ1) is 68.8. The van der Waals surface area contributed by atoms with E-state index in [4.69, 9.17) is 29.9 Å². The number of fused-ring (bicyclic) bond motifs is 20. The molecule has 0 aliphatic carbocycles. The summed E-state index contributed by atoms with van der Waals surface area (Å²) >= 11 is 3.78. The largest absolute Gasteiger partial charge is 0.309 e. The summed E-state index contributed by atoms with van der Waals surface area (Å²) in [4.78, 5) is 29.9. The molecule has 0 unspecified atom stereocenters. The second kappa shape index (κ2) is 28.1. The summed E-state index contributed by atoms with van der Waals surface area (Å²) in [6, 6.07) is 142. The van der Waals surface area contributed by atoms with Crippen molar-refractivity contribution in [1.82, 2.24) is 48.2 Å². The van der Waals surface area contributed by atoms with Gasteiger partial charge in [-0.25, -0.2) is 29.9 Å². The number of hydrogen-bond acceptors (Lipinski definition) is 8. The van der Waals surface area contributed by atoms with Crippen LogP contribution in [-0.2, 0) is 0 Å². The molecule has 0 amide bonds. The van der Waals surface area contributed by atoms with E-state index in [1.165, 1.54) is 106 Å². The molecule has 0 saturated heterocycles. The van der Waals surface area contributed by atoms with Gasteiger partial charge < -0.3 is 18.3 Å². The summed E-state index contributed by atoms with van der Waals surface area (Å²) in [6.45, 7) is 0. The normalized spacial score (nSPS) is 11.8. The van der Waals surface area contributed by atoms with Crippen LogP contribution in [0.4, 0.5) is 0 Å². The number of rotatable bonds is 11. The summed E-state index contributed by atoms with van der Waals surface area (Å²) in [7, 11) is 0. The molecule has 10 nitrogen and oxygen atoms in total. The molecule has 25 rings (SSSR count). The van der Waals surface area contributed by atoms with Crippen LogP contribution in [0.3, 0.4) is 0 Å². The van der Waals surface area contributed by atoms with E-state index >= 15 is 0 Å². The van der Waals surface area contributed by atoms with Gasteiger partial charge in [0.1, 0.15) is 0 Å². The smallest absolute Gasteiger partial charge is 0.164 e. The first-order valence-corrected chi connectivity index (χ1v) is 41.9. The van der Waals surface area contributed by atoms with E-state index in [1.54, 1.807) is 0 Å². The predicted molar refractivity (Wildman–Crippen MR) is 501 cm³/mol.